The first-order valence-electron chi connectivity index (χ1n) is 11.5. The van der Waals surface area contributed by atoms with E-state index in [1.807, 2.05) is 75.0 Å². The third kappa shape index (κ3) is 4.41. The van der Waals surface area contributed by atoms with Gasteiger partial charge in [-0.25, -0.2) is 13.4 Å². The zero-order valence-electron chi connectivity index (χ0n) is 19.0. The molecule has 0 bridgehead atoms. The molecule has 10 heteroatoms. The second kappa shape index (κ2) is 9.38. The van der Waals surface area contributed by atoms with Gasteiger partial charge in [0, 0.05) is 31.0 Å². The fraction of sp³-hybridized carbons (Fsp3) is 0.280. The van der Waals surface area contributed by atoms with Crippen LogP contribution in [0.25, 0.3) is 22.1 Å². The lowest BCUT2D eigenvalue weighted by Crippen LogP contribution is -2.38. The van der Waals surface area contributed by atoms with Crippen LogP contribution >= 0.6 is 0 Å². The molecule has 2 N–H and O–H groups in total. The smallest absolute Gasteiger partial charge is 0.234 e. The van der Waals surface area contributed by atoms with Crippen LogP contribution in [0.3, 0.4) is 0 Å². The Bertz CT molecular complexity index is 1510. The summed E-state index contributed by atoms with van der Waals surface area (Å²) in [6, 6.07) is 19.4. The third-order valence-corrected chi connectivity index (χ3v) is 7.03. The average molecular weight is 495 g/mol. The maximum absolute atomic E-state index is 11.3. The molecule has 9 nitrogen and oxygen atoms in total. The molecule has 1 aromatic heterocycles. The molecule has 0 amide bonds. The van der Waals surface area contributed by atoms with Crippen molar-refractivity contribution in [1.29, 1.82) is 0 Å². The number of nitrogens with zero attached hydrogens (tertiary/aromatic N) is 4. The lowest BCUT2D eigenvalue weighted by molar-refractivity contribution is -0.647. The van der Waals surface area contributed by atoms with Crippen LogP contribution in [-0.2, 0) is 16.7 Å². The molecule has 1 aliphatic heterocycles. The fourth-order valence-electron chi connectivity index (χ4n) is 4.84. The van der Waals surface area contributed by atoms with Crippen molar-refractivity contribution in [3.63, 3.8) is 0 Å². The van der Waals surface area contributed by atoms with E-state index >= 15 is 0 Å². The first-order chi connectivity index (χ1) is 16.9. The van der Waals surface area contributed by atoms with Gasteiger partial charge in [0.2, 0.25) is 11.0 Å². The van der Waals surface area contributed by atoms with E-state index in [-0.39, 0.29) is 19.6 Å². The number of aliphatic hydroxyl groups excluding tert-OH is 2. The number of benzene rings is 3. The molecule has 0 saturated carbocycles. The second-order valence-electron chi connectivity index (χ2n) is 8.44. The number of anilines is 4. The molecule has 2 heterocycles. The molecule has 4 aromatic rings. The maximum atomic E-state index is 11.3. The summed E-state index contributed by atoms with van der Waals surface area (Å²) in [5.41, 5.74) is 6.63. The summed E-state index contributed by atoms with van der Waals surface area (Å²) in [4.78, 5) is 8.91. The van der Waals surface area contributed by atoms with E-state index in [4.69, 9.17) is 4.98 Å². The van der Waals surface area contributed by atoms with Gasteiger partial charge in [-0.3, -0.25) is 0 Å². The van der Waals surface area contributed by atoms with Gasteiger partial charge >= 0.3 is 0 Å². The van der Waals surface area contributed by atoms with Crippen LogP contribution in [0.2, 0.25) is 0 Å². The van der Waals surface area contributed by atoms with Gasteiger partial charge < -0.3 is 24.6 Å². The minimum absolute atomic E-state index is 0.0462. The molecule has 0 saturated heterocycles. The molecule has 0 unspecified atom stereocenters. The monoisotopic (exact) mass is 494 g/mol. The normalized spacial score (nSPS) is 13.3. The number of aliphatic hydroxyl groups is 2. The predicted octanol–water partition coefficient (Wildman–Crippen LogP) is 2.18. The molecular weight excluding hydrogens is 468 g/mol. The van der Waals surface area contributed by atoms with Crippen LogP contribution in [-0.4, -0.2) is 60.2 Å². The molecule has 35 heavy (non-hydrogen) atoms. The van der Waals surface area contributed by atoms with Gasteiger partial charge in [0.1, 0.15) is 17.6 Å². The van der Waals surface area contributed by atoms with E-state index in [2.05, 4.69) is 0 Å². The number of hydrogen-bond acceptors (Lipinski definition) is 8. The van der Waals surface area contributed by atoms with Crippen molar-refractivity contribution in [3.8, 4) is 0 Å². The van der Waals surface area contributed by atoms with Crippen molar-refractivity contribution in [2.45, 2.75) is 13.0 Å². The summed E-state index contributed by atoms with van der Waals surface area (Å²) >= 11 is 0. The second-order valence-corrected chi connectivity index (χ2v) is 9.96. The zero-order chi connectivity index (χ0) is 24.6. The van der Waals surface area contributed by atoms with Gasteiger partial charge in [-0.15, -0.1) is 0 Å². The van der Waals surface area contributed by atoms with Crippen molar-refractivity contribution in [1.82, 2.24) is 4.98 Å². The topological polar surface area (TPSA) is 121 Å². The van der Waals surface area contributed by atoms with Crippen molar-refractivity contribution < 1.29 is 27.8 Å². The van der Waals surface area contributed by atoms with E-state index in [1.165, 1.54) is 0 Å². The Hall–Kier alpha value is -3.31. The first kappa shape index (κ1) is 23.4. The molecule has 0 spiro atoms. The Morgan fingerprint density at radius 1 is 0.800 bits per heavy atom. The Kier molecular flexibility index (Phi) is 6.28. The van der Waals surface area contributed by atoms with Gasteiger partial charge in [-0.2, -0.15) is 4.57 Å². The number of rotatable bonds is 8. The Morgan fingerprint density at radius 2 is 1.46 bits per heavy atom. The number of fused-ring (bicyclic) bond motifs is 4. The fourth-order valence-corrected chi connectivity index (χ4v) is 5.32. The zero-order valence-corrected chi connectivity index (χ0v) is 19.9. The molecule has 5 rings (SSSR count). The van der Waals surface area contributed by atoms with Crippen molar-refractivity contribution in [3.05, 3.63) is 60.7 Å². The average Bonchev–Trinajstić information content (AvgIpc) is 2.84. The quantitative estimate of drug-likeness (QED) is 0.217. The Balaban J connectivity index is 1.75. The van der Waals surface area contributed by atoms with E-state index in [1.54, 1.807) is 0 Å². The molecule has 0 fully saturated rings. The van der Waals surface area contributed by atoms with Gasteiger partial charge in [-0.05, 0) is 30.7 Å². The minimum atomic E-state index is -4.33. The van der Waals surface area contributed by atoms with Gasteiger partial charge in [0.25, 0.3) is 0 Å². The summed E-state index contributed by atoms with van der Waals surface area (Å²) in [5, 5.41) is 19.6. The summed E-state index contributed by atoms with van der Waals surface area (Å²) in [7, 11) is -4.33. The molecule has 0 atom stereocenters. The first-order valence-corrected chi connectivity index (χ1v) is 13.0. The SMILES string of the molecule is O=S(=O)([O-])CCCN1c2ccccc2N(CCO)c2cc3nc4ccccc4[n+](CCO)c3cc21. The summed E-state index contributed by atoms with van der Waals surface area (Å²) in [6.07, 6.45) is 0.171. The van der Waals surface area contributed by atoms with Crippen molar-refractivity contribution in [2.24, 2.45) is 0 Å². The van der Waals surface area contributed by atoms with Gasteiger partial charge in [-0.1, -0.05) is 24.3 Å². The van der Waals surface area contributed by atoms with Gasteiger partial charge in [0.15, 0.2) is 6.54 Å². The van der Waals surface area contributed by atoms with Crippen LogP contribution in [0.15, 0.2) is 60.7 Å². The lowest BCUT2D eigenvalue weighted by atomic mass is 10.1. The summed E-state index contributed by atoms with van der Waals surface area (Å²) in [6.45, 7) is 0.961. The predicted molar refractivity (Wildman–Crippen MR) is 133 cm³/mol. The van der Waals surface area contributed by atoms with Crippen LogP contribution in [0.4, 0.5) is 22.7 Å². The molecule has 182 valence electrons. The van der Waals surface area contributed by atoms with Crippen molar-refractivity contribution in [2.75, 3.05) is 41.9 Å². The molecule has 3 aromatic carbocycles. The highest BCUT2D eigenvalue weighted by atomic mass is 32.2. The maximum Gasteiger partial charge on any atom is 0.234 e. The van der Waals surface area contributed by atoms with E-state index in [0.717, 1.165) is 44.8 Å². The number of hydrogen-bond donors (Lipinski definition) is 2. The lowest BCUT2D eigenvalue weighted by Gasteiger charge is -2.40. The number of para-hydroxylation sites is 4. The van der Waals surface area contributed by atoms with E-state index in [9.17, 15) is 23.2 Å². The van der Waals surface area contributed by atoms with Crippen LogP contribution in [0, 0.1) is 0 Å². The summed E-state index contributed by atoms with van der Waals surface area (Å²) < 4.78 is 35.8. The minimum Gasteiger partial charge on any atom is -0.748 e. The highest BCUT2D eigenvalue weighted by Crippen LogP contribution is 2.48. The molecule has 1 aliphatic rings. The van der Waals surface area contributed by atoms with Crippen LogP contribution in [0.5, 0.6) is 0 Å². The van der Waals surface area contributed by atoms with Crippen LogP contribution < -0.4 is 14.4 Å². The van der Waals surface area contributed by atoms with E-state index in [0.29, 0.717) is 19.6 Å². The Labute approximate surface area is 203 Å². The molecular formula is C25H26N4O5S. The van der Waals surface area contributed by atoms with Crippen molar-refractivity contribution >= 4 is 54.9 Å². The molecule has 0 radical (unpaired) electrons. The highest BCUT2D eigenvalue weighted by Gasteiger charge is 2.30. The highest BCUT2D eigenvalue weighted by molar-refractivity contribution is 7.85. The standard InChI is InChI=1S/C25H26N4O5S/c30-13-11-28-20-7-2-1-6-18(20)26-19-16-24-25(17-23(19)28)27(10-5-15-35(32,33)34)21-8-3-4-9-22(21)29(24)12-14-31/h1-4,6-9,16-17,30-31H,5,10-15H2. The van der Waals surface area contributed by atoms with E-state index < -0.39 is 15.9 Å². The number of aromatic nitrogens is 2. The summed E-state index contributed by atoms with van der Waals surface area (Å²) in [5.74, 6) is -0.453. The number of β-amino-alcohol motifs (C(OH)–C–C–N with tert-alkyl or cyclic N) is 1. The molecule has 0 aliphatic carbocycles. The Morgan fingerprint density at radius 3 is 2.14 bits per heavy atom. The van der Waals surface area contributed by atoms with Gasteiger partial charge in [0.05, 0.1) is 39.5 Å². The van der Waals surface area contributed by atoms with Crippen LogP contribution in [0.1, 0.15) is 6.42 Å². The largest absolute Gasteiger partial charge is 0.748 e. The third-order valence-electron chi connectivity index (χ3n) is 6.24.